The van der Waals surface area contributed by atoms with Gasteiger partial charge >= 0.3 is 0 Å². The number of nitrogens with zero attached hydrogens (tertiary/aromatic N) is 2. The highest BCUT2D eigenvalue weighted by Gasteiger charge is 2.52. The summed E-state index contributed by atoms with van der Waals surface area (Å²) < 4.78 is 11.2. The van der Waals surface area contributed by atoms with Gasteiger partial charge in [0, 0.05) is 29.7 Å². The lowest BCUT2D eigenvalue weighted by atomic mass is 9.60. The zero-order valence-electron chi connectivity index (χ0n) is 24.2. The number of hydrogen-bond donors (Lipinski definition) is 5. The Hall–Kier alpha value is -4.61. The van der Waals surface area contributed by atoms with Gasteiger partial charge in [-0.15, -0.1) is 0 Å². The van der Waals surface area contributed by atoms with E-state index in [2.05, 4.69) is 17.1 Å². The average molecular weight is 587 g/mol. The maximum Gasteiger partial charge on any atom is 0.252 e. The molecule has 0 aliphatic heterocycles. The molecule has 0 saturated carbocycles. The number of aryl methyl sites for hydroxylation is 1. The third kappa shape index (κ3) is 4.65. The molecule has 11 heteroatoms. The summed E-state index contributed by atoms with van der Waals surface area (Å²) in [5.41, 5.74) is 8.05. The van der Waals surface area contributed by atoms with Gasteiger partial charge in [0.05, 0.1) is 29.4 Å². The van der Waals surface area contributed by atoms with E-state index in [4.69, 9.17) is 14.7 Å². The molecule has 2 heterocycles. The van der Waals surface area contributed by atoms with Crippen LogP contribution in [0.1, 0.15) is 39.6 Å². The Morgan fingerprint density at radius 1 is 1.16 bits per heavy atom. The van der Waals surface area contributed by atoms with E-state index in [9.17, 15) is 24.9 Å². The SMILES string of the molecule is C=C1C(C(N)=O)=C(O)[C@@H](N(C)C)C2CC3Cc4c(-c5ccc(CNCc6cc(C)on6)o5)ccc(O)c4C(=O)C3=C(O)C12. The highest BCUT2D eigenvalue weighted by atomic mass is 16.5. The van der Waals surface area contributed by atoms with Crippen LogP contribution in [0.5, 0.6) is 5.75 Å². The van der Waals surface area contributed by atoms with Gasteiger partial charge in [0.15, 0.2) is 5.78 Å². The first-order valence-electron chi connectivity index (χ1n) is 14.1. The standard InChI is InChI=1S/C32H34N4O7/c1-14-9-17(35-43-14)12-34-13-18-5-8-23(42-18)19-6-7-22(37)27-20(19)10-16-11-21-24(29(38)26(16)30(27)39)15(2)25(32(33)41)31(40)28(21)36(3)4/h5-9,16,21,24,28,34,37-38,40H,2,10-13H2,1,3-4H3,(H2,33,41)/t16?,21?,24?,28-/m0/s1. The lowest BCUT2D eigenvalue weighted by Gasteiger charge is -2.47. The predicted molar refractivity (Wildman–Crippen MR) is 156 cm³/mol. The lowest BCUT2D eigenvalue weighted by Crippen LogP contribution is -2.50. The van der Waals surface area contributed by atoms with Crippen molar-refractivity contribution in [1.82, 2.24) is 15.4 Å². The number of amides is 1. The minimum Gasteiger partial charge on any atom is -0.511 e. The summed E-state index contributed by atoms with van der Waals surface area (Å²) in [6, 6.07) is 8.10. The Kier molecular flexibility index (Phi) is 7.02. The van der Waals surface area contributed by atoms with E-state index in [0.717, 1.165) is 11.5 Å². The Morgan fingerprint density at radius 2 is 1.93 bits per heavy atom. The highest BCUT2D eigenvalue weighted by Crippen LogP contribution is 2.53. The van der Waals surface area contributed by atoms with E-state index < -0.39 is 29.6 Å². The fourth-order valence-corrected chi connectivity index (χ4v) is 7.11. The van der Waals surface area contributed by atoms with Crippen LogP contribution in [0.15, 0.2) is 74.1 Å². The summed E-state index contributed by atoms with van der Waals surface area (Å²) in [5, 5.41) is 40.8. The molecule has 2 aromatic heterocycles. The number of hydrogen-bond acceptors (Lipinski definition) is 10. The number of benzene rings is 1. The molecule has 0 bridgehead atoms. The summed E-state index contributed by atoms with van der Waals surface area (Å²) in [7, 11) is 3.54. The van der Waals surface area contributed by atoms with Crippen LogP contribution in [0.2, 0.25) is 0 Å². The molecular weight excluding hydrogens is 552 g/mol. The number of phenols is 1. The number of phenolic OH excluding ortho intramolecular Hbond substituents is 1. The van der Waals surface area contributed by atoms with Gasteiger partial charge in [-0.3, -0.25) is 14.5 Å². The molecule has 0 radical (unpaired) electrons. The second-order valence-corrected chi connectivity index (χ2v) is 11.7. The molecule has 0 fully saturated rings. The van der Waals surface area contributed by atoms with E-state index >= 15 is 0 Å². The molecule has 3 aliphatic rings. The summed E-state index contributed by atoms with van der Waals surface area (Å²) in [6.07, 6.45) is 0.782. The maximum atomic E-state index is 14.0. The lowest BCUT2D eigenvalue weighted by molar-refractivity contribution is -0.114. The number of Topliss-reactive ketones (excluding diaryl/α,β-unsaturated/α-hetero) is 1. The van der Waals surface area contributed by atoms with Gasteiger partial charge in [-0.2, -0.15) is 0 Å². The van der Waals surface area contributed by atoms with E-state index in [1.165, 1.54) is 6.07 Å². The third-order valence-corrected chi connectivity index (χ3v) is 8.83. The zero-order chi connectivity index (χ0) is 30.7. The van der Waals surface area contributed by atoms with Crippen molar-refractivity contribution >= 4 is 11.7 Å². The third-order valence-electron chi connectivity index (χ3n) is 8.83. The number of aromatic hydroxyl groups is 1. The van der Waals surface area contributed by atoms with Crippen LogP contribution in [0, 0.1) is 24.7 Å². The number of rotatable bonds is 7. The van der Waals surface area contributed by atoms with Gasteiger partial charge in [0.2, 0.25) is 0 Å². The molecule has 3 unspecified atom stereocenters. The number of aliphatic hydroxyl groups is 2. The Balaban J connectivity index is 1.34. The summed E-state index contributed by atoms with van der Waals surface area (Å²) in [4.78, 5) is 28.1. The van der Waals surface area contributed by atoms with Crippen LogP contribution < -0.4 is 11.1 Å². The van der Waals surface area contributed by atoms with Gasteiger partial charge in [-0.05, 0) is 81.1 Å². The summed E-state index contributed by atoms with van der Waals surface area (Å²) in [6.45, 7) is 6.78. The van der Waals surface area contributed by atoms with E-state index in [1.807, 2.05) is 25.1 Å². The fraction of sp³-hybridized carbons (Fsp3) is 0.344. The van der Waals surface area contributed by atoms with Gasteiger partial charge < -0.3 is 35.3 Å². The van der Waals surface area contributed by atoms with E-state index in [1.54, 1.807) is 25.1 Å². The zero-order valence-corrected chi connectivity index (χ0v) is 24.2. The molecule has 224 valence electrons. The molecular formula is C32H34N4O7. The van der Waals surface area contributed by atoms with Crippen molar-refractivity contribution < 1.29 is 33.8 Å². The van der Waals surface area contributed by atoms with Crippen LogP contribution in [0.25, 0.3) is 11.3 Å². The second kappa shape index (κ2) is 10.6. The van der Waals surface area contributed by atoms with Crippen molar-refractivity contribution in [1.29, 1.82) is 0 Å². The number of aromatic nitrogens is 1. The van der Waals surface area contributed by atoms with Gasteiger partial charge in [-0.1, -0.05) is 11.7 Å². The monoisotopic (exact) mass is 586 g/mol. The number of primary amides is 1. The van der Waals surface area contributed by atoms with Crippen molar-refractivity contribution in [3.05, 3.63) is 93.5 Å². The summed E-state index contributed by atoms with van der Waals surface area (Å²) >= 11 is 0. The molecule has 6 rings (SSSR count). The van der Waals surface area contributed by atoms with Crippen LogP contribution in [0.4, 0.5) is 0 Å². The molecule has 6 N–H and O–H groups in total. The van der Waals surface area contributed by atoms with Crippen LogP contribution in [-0.4, -0.2) is 57.2 Å². The minimum atomic E-state index is -0.850. The number of furan rings is 1. The van der Waals surface area contributed by atoms with E-state index in [-0.39, 0.29) is 45.5 Å². The number of likely N-dealkylation sites (N-methyl/N-ethyl adjacent to an activating group) is 1. The fourth-order valence-electron chi connectivity index (χ4n) is 7.11. The number of aliphatic hydroxyl groups excluding tert-OH is 2. The number of nitrogens with one attached hydrogen (secondary N) is 1. The largest absolute Gasteiger partial charge is 0.511 e. The van der Waals surface area contributed by atoms with Crippen LogP contribution in [0.3, 0.4) is 0 Å². The number of carbonyl (C=O) groups excluding carboxylic acids is 2. The minimum absolute atomic E-state index is 0.116. The number of allylic oxidation sites excluding steroid dienone is 2. The average Bonchev–Trinajstić information content (AvgIpc) is 3.57. The molecule has 3 aliphatic carbocycles. The first kappa shape index (κ1) is 28.5. The predicted octanol–water partition coefficient (Wildman–Crippen LogP) is 3.84. The first-order chi connectivity index (χ1) is 20.5. The van der Waals surface area contributed by atoms with Crippen molar-refractivity contribution in [3.63, 3.8) is 0 Å². The van der Waals surface area contributed by atoms with Gasteiger partial charge in [0.25, 0.3) is 5.91 Å². The second-order valence-electron chi connectivity index (χ2n) is 11.7. The van der Waals surface area contributed by atoms with Crippen molar-refractivity contribution in [2.75, 3.05) is 14.1 Å². The Labute approximate surface area is 248 Å². The number of ketones is 1. The molecule has 1 aromatic carbocycles. The smallest absolute Gasteiger partial charge is 0.252 e. The number of nitrogens with two attached hydrogens (primary N) is 1. The van der Waals surface area contributed by atoms with Crippen molar-refractivity contribution in [3.8, 4) is 17.1 Å². The highest BCUT2D eigenvalue weighted by molar-refractivity contribution is 6.14. The number of fused-ring (bicyclic) bond motifs is 3. The molecule has 43 heavy (non-hydrogen) atoms. The topological polar surface area (TPSA) is 175 Å². The quantitative estimate of drug-likeness (QED) is 0.273. The normalized spacial score (nSPS) is 23.4. The summed E-state index contributed by atoms with van der Waals surface area (Å²) in [5.74, 6) is -1.49. The molecule has 11 nitrogen and oxygen atoms in total. The van der Waals surface area contributed by atoms with E-state index in [0.29, 0.717) is 48.6 Å². The molecule has 0 spiro atoms. The van der Waals surface area contributed by atoms with Crippen molar-refractivity contribution in [2.45, 2.75) is 38.9 Å². The molecule has 0 saturated heterocycles. The molecule has 1 amide bonds. The van der Waals surface area contributed by atoms with Gasteiger partial charge in [-0.25, -0.2) is 0 Å². The Morgan fingerprint density at radius 3 is 2.60 bits per heavy atom. The Bertz CT molecular complexity index is 1730. The van der Waals surface area contributed by atoms with Crippen molar-refractivity contribution in [2.24, 2.45) is 23.5 Å². The molecule has 3 aromatic rings. The van der Waals surface area contributed by atoms with Crippen LogP contribution >= 0.6 is 0 Å². The first-order valence-corrected chi connectivity index (χ1v) is 14.1. The van der Waals surface area contributed by atoms with Gasteiger partial charge in [0.1, 0.15) is 34.5 Å². The maximum absolute atomic E-state index is 14.0. The molecule has 4 atom stereocenters. The van der Waals surface area contributed by atoms with Crippen LogP contribution in [-0.2, 0) is 24.3 Å². The number of carbonyl (C=O) groups is 2.